The van der Waals surface area contributed by atoms with Crippen LogP contribution >= 0.6 is 7.60 Å². The van der Waals surface area contributed by atoms with Gasteiger partial charge in [0.15, 0.2) is 12.4 Å². The van der Waals surface area contributed by atoms with Crippen LogP contribution in [-0.2, 0) is 10.7 Å². The first-order chi connectivity index (χ1) is 5.08. The molecular formula is C6H10NO4P. The smallest absolute Gasteiger partial charge is 0.170 e. The lowest BCUT2D eigenvalue weighted by Crippen LogP contribution is -2.05. The number of hydrogen-bond acceptors (Lipinski definition) is 2. The third kappa shape index (κ3) is 4.20. The van der Waals surface area contributed by atoms with Crippen LogP contribution in [-0.4, -0.2) is 10.4 Å². The van der Waals surface area contributed by atoms with Crippen molar-refractivity contribution in [3.05, 3.63) is 30.1 Å². The molecule has 0 bridgehead atoms. The van der Waals surface area contributed by atoms with Gasteiger partial charge in [0.1, 0.15) is 7.60 Å². The Morgan fingerprint density at radius 3 is 2.75 bits per heavy atom. The molecule has 0 aliphatic heterocycles. The molecule has 5 nitrogen and oxygen atoms in total. The zero-order valence-corrected chi connectivity index (χ0v) is 7.12. The SMILES string of the molecule is O.O=P([O-])(O)Cc1ccc[nH+]c1. The molecule has 12 heavy (non-hydrogen) atoms. The summed E-state index contributed by atoms with van der Waals surface area (Å²) in [6, 6.07) is 3.29. The molecule has 1 atom stereocenters. The second-order valence-electron chi connectivity index (χ2n) is 2.21. The normalized spacial score (nSPS) is 14.5. The highest BCUT2D eigenvalue weighted by molar-refractivity contribution is 7.49. The largest absolute Gasteiger partial charge is 0.778 e. The summed E-state index contributed by atoms with van der Waals surface area (Å²) < 4.78 is 10.4. The van der Waals surface area contributed by atoms with E-state index in [0.717, 1.165) is 0 Å². The highest BCUT2D eigenvalue weighted by Gasteiger charge is 2.04. The van der Waals surface area contributed by atoms with E-state index >= 15 is 0 Å². The Hall–Kier alpha value is -0.740. The predicted octanol–water partition coefficient (Wildman–Crippen LogP) is -1.28. The van der Waals surface area contributed by atoms with Crippen molar-refractivity contribution in [2.45, 2.75) is 6.16 Å². The van der Waals surface area contributed by atoms with E-state index in [9.17, 15) is 9.46 Å². The molecule has 0 aromatic carbocycles. The first-order valence-corrected chi connectivity index (χ1v) is 4.82. The molecule has 0 radical (unpaired) electrons. The van der Waals surface area contributed by atoms with Gasteiger partial charge in [0.05, 0.1) is 0 Å². The average Bonchev–Trinajstić information content (AvgIpc) is 1.85. The summed E-state index contributed by atoms with van der Waals surface area (Å²) >= 11 is 0. The molecule has 0 fully saturated rings. The molecule has 1 aromatic rings. The minimum absolute atomic E-state index is 0. The second-order valence-corrected chi connectivity index (χ2v) is 3.80. The molecule has 0 aliphatic rings. The summed E-state index contributed by atoms with van der Waals surface area (Å²) in [4.78, 5) is 21.5. The van der Waals surface area contributed by atoms with Crippen molar-refractivity contribution in [2.75, 3.05) is 0 Å². The van der Waals surface area contributed by atoms with E-state index in [1.165, 1.54) is 6.20 Å². The molecule has 1 heterocycles. The molecule has 0 saturated heterocycles. The molecule has 0 saturated carbocycles. The summed E-state index contributed by atoms with van der Waals surface area (Å²) in [5.74, 6) is 0. The van der Waals surface area contributed by atoms with E-state index in [0.29, 0.717) is 5.56 Å². The number of rotatable bonds is 2. The molecule has 6 heteroatoms. The molecule has 1 rings (SSSR count). The van der Waals surface area contributed by atoms with Crippen LogP contribution in [0.1, 0.15) is 5.56 Å². The summed E-state index contributed by atoms with van der Waals surface area (Å²) in [6.07, 6.45) is 2.88. The summed E-state index contributed by atoms with van der Waals surface area (Å²) in [7, 11) is -4.16. The Bertz CT molecular complexity index is 270. The van der Waals surface area contributed by atoms with Crippen molar-refractivity contribution in [2.24, 2.45) is 0 Å². The monoisotopic (exact) mass is 191 g/mol. The number of nitrogens with one attached hydrogen (secondary N) is 1. The molecule has 1 aromatic heterocycles. The quantitative estimate of drug-likeness (QED) is 0.588. The van der Waals surface area contributed by atoms with Crippen molar-refractivity contribution in [3.63, 3.8) is 0 Å². The minimum atomic E-state index is -4.16. The molecule has 0 aliphatic carbocycles. The van der Waals surface area contributed by atoms with Gasteiger partial charge in [-0.3, -0.25) is 0 Å². The zero-order chi connectivity index (χ0) is 8.32. The Kier molecular flexibility index (Phi) is 4.06. The number of hydrogen-bond donors (Lipinski definition) is 1. The first kappa shape index (κ1) is 11.3. The van der Waals surface area contributed by atoms with E-state index in [1.807, 2.05) is 0 Å². The summed E-state index contributed by atoms with van der Waals surface area (Å²) in [5.41, 5.74) is 0.549. The summed E-state index contributed by atoms with van der Waals surface area (Å²) in [6.45, 7) is 0. The van der Waals surface area contributed by atoms with Crippen molar-refractivity contribution in [1.29, 1.82) is 0 Å². The molecule has 4 N–H and O–H groups in total. The fraction of sp³-hybridized carbons (Fsp3) is 0.167. The maximum atomic E-state index is 10.4. The fourth-order valence-electron chi connectivity index (χ4n) is 0.760. The predicted molar refractivity (Wildman–Crippen MR) is 40.1 cm³/mol. The third-order valence-corrected chi connectivity index (χ3v) is 1.92. The minimum Gasteiger partial charge on any atom is -0.778 e. The lowest BCUT2D eigenvalue weighted by atomic mass is 10.3. The van der Waals surface area contributed by atoms with Gasteiger partial charge < -0.3 is 19.8 Å². The van der Waals surface area contributed by atoms with E-state index in [4.69, 9.17) is 4.89 Å². The number of aromatic nitrogens is 1. The van der Waals surface area contributed by atoms with Crippen molar-refractivity contribution in [3.8, 4) is 0 Å². The van der Waals surface area contributed by atoms with Gasteiger partial charge in [-0.15, -0.1) is 0 Å². The van der Waals surface area contributed by atoms with E-state index < -0.39 is 7.60 Å². The third-order valence-electron chi connectivity index (χ3n) is 1.15. The van der Waals surface area contributed by atoms with Gasteiger partial charge in [-0.1, -0.05) is 0 Å². The fourth-order valence-corrected chi connectivity index (χ4v) is 1.42. The van der Waals surface area contributed by atoms with E-state index in [-0.39, 0.29) is 11.6 Å². The van der Waals surface area contributed by atoms with Crippen molar-refractivity contribution in [1.82, 2.24) is 0 Å². The Morgan fingerprint density at radius 1 is 1.67 bits per heavy atom. The molecule has 0 amide bonds. The maximum Gasteiger partial charge on any atom is 0.170 e. The lowest BCUT2D eigenvalue weighted by Gasteiger charge is -2.13. The Balaban J connectivity index is 0.00000121. The van der Waals surface area contributed by atoms with Crippen LogP contribution in [0, 0.1) is 0 Å². The maximum absolute atomic E-state index is 10.4. The lowest BCUT2D eigenvalue weighted by molar-refractivity contribution is -0.378. The number of pyridine rings is 1. The van der Waals surface area contributed by atoms with Gasteiger partial charge in [0.25, 0.3) is 0 Å². The molecular weight excluding hydrogens is 181 g/mol. The first-order valence-electron chi connectivity index (χ1n) is 3.06. The zero-order valence-electron chi connectivity index (χ0n) is 6.23. The van der Waals surface area contributed by atoms with Crippen LogP contribution in [0.25, 0.3) is 0 Å². The van der Waals surface area contributed by atoms with Gasteiger partial charge in [-0.2, -0.15) is 0 Å². The highest BCUT2D eigenvalue weighted by atomic mass is 31.2. The van der Waals surface area contributed by atoms with Gasteiger partial charge in [-0.25, -0.2) is 4.98 Å². The van der Waals surface area contributed by atoms with Crippen LogP contribution < -0.4 is 9.88 Å². The number of aromatic amines is 1. The van der Waals surface area contributed by atoms with Crippen LogP contribution in [0.5, 0.6) is 0 Å². The standard InChI is InChI=1S/C6H8NO3P.H2O/c8-11(9,10)5-6-2-1-3-7-4-6;/h1-4H,5H2,(H2,8,9,10);1H2. The van der Waals surface area contributed by atoms with Crippen LogP contribution in [0.4, 0.5) is 0 Å². The van der Waals surface area contributed by atoms with Gasteiger partial charge >= 0.3 is 0 Å². The van der Waals surface area contributed by atoms with Crippen LogP contribution in [0.2, 0.25) is 0 Å². The van der Waals surface area contributed by atoms with Crippen molar-refractivity contribution < 1.29 is 24.8 Å². The summed E-state index contributed by atoms with van der Waals surface area (Å²) in [5, 5.41) is 0. The van der Waals surface area contributed by atoms with Crippen LogP contribution in [0.15, 0.2) is 24.5 Å². The number of H-pyrrole nitrogens is 1. The van der Waals surface area contributed by atoms with Gasteiger partial charge in [0, 0.05) is 17.8 Å². The highest BCUT2D eigenvalue weighted by Crippen LogP contribution is 2.33. The van der Waals surface area contributed by atoms with Gasteiger partial charge in [-0.05, 0) is 6.07 Å². The molecule has 1 unspecified atom stereocenters. The van der Waals surface area contributed by atoms with Gasteiger partial charge in [0.2, 0.25) is 0 Å². The van der Waals surface area contributed by atoms with Crippen molar-refractivity contribution >= 4 is 7.60 Å². The second kappa shape index (κ2) is 4.33. The Labute approximate surface area is 69.5 Å². The Morgan fingerprint density at radius 2 is 2.33 bits per heavy atom. The average molecular weight is 191 g/mol. The topological polar surface area (TPSA) is 106 Å². The molecule has 68 valence electrons. The van der Waals surface area contributed by atoms with Crippen LogP contribution in [0.3, 0.4) is 0 Å². The van der Waals surface area contributed by atoms with E-state index in [2.05, 4.69) is 4.98 Å². The molecule has 0 spiro atoms. The van der Waals surface area contributed by atoms with E-state index in [1.54, 1.807) is 18.3 Å².